The third-order valence-corrected chi connectivity index (χ3v) is 8.72. The maximum Gasteiger partial charge on any atom is 0.0833 e. The molecule has 3 N–H and O–H groups in total. The van der Waals surface area contributed by atoms with E-state index in [0.717, 1.165) is 43.3 Å². The normalized spacial score (nSPS) is 40.0. The first-order valence-electron chi connectivity index (χ1n) is 12.3. The van der Waals surface area contributed by atoms with Crippen molar-refractivity contribution in [2.45, 2.75) is 97.4 Å². The van der Waals surface area contributed by atoms with Gasteiger partial charge in [0.1, 0.15) is 0 Å². The molecule has 0 spiro atoms. The minimum atomic E-state index is -0.792. The van der Waals surface area contributed by atoms with Gasteiger partial charge in [-0.2, -0.15) is 0 Å². The molecule has 3 rings (SSSR count). The Morgan fingerprint density at radius 1 is 1.16 bits per heavy atom. The topological polar surface area (TPSA) is 60.7 Å². The van der Waals surface area contributed by atoms with E-state index in [1.165, 1.54) is 5.57 Å². The van der Waals surface area contributed by atoms with E-state index in [1.807, 2.05) is 6.92 Å². The molecule has 1 unspecified atom stereocenters. The zero-order valence-corrected chi connectivity index (χ0v) is 20.3. The SMILES string of the molecule is C=C1C(=CC=C2CCC[C@@]3(C)C2CC[C@@H]3[C@@](C)(O)C=C[C@H](C)C(C)C)C[C@@H](O)C[C@H]1O. The molecule has 0 aromatic rings. The summed E-state index contributed by atoms with van der Waals surface area (Å²) in [5.41, 5.74) is 2.48. The van der Waals surface area contributed by atoms with Crippen LogP contribution in [0.15, 0.2) is 47.6 Å². The Hall–Kier alpha value is -1.16. The maximum absolute atomic E-state index is 11.5. The number of aliphatic hydroxyl groups is 3. The molecule has 0 aromatic carbocycles. The molecule has 3 heteroatoms. The lowest BCUT2D eigenvalue weighted by atomic mass is 9.60. The average Bonchev–Trinajstić information content (AvgIpc) is 3.06. The first-order valence-corrected chi connectivity index (χ1v) is 12.3. The highest BCUT2D eigenvalue weighted by Gasteiger charge is 2.54. The summed E-state index contributed by atoms with van der Waals surface area (Å²) in [4.78, 5) is 0. The highest BCUT2D eigenvalue weighted by molar-refractivity contribution is 5.38. The number of rotatable bonds is 5. The van der Waals surface area contributed by atoms with Crippen molar-refractivity contribution < 1.29 is 15.3 Å². The molecule has 0 aromatic heterocycles. The van der Waals surface area contributed by atoms with Crippen LogP contribution in [0.5, 0.6) is 0 Å². The fraction of sp³-hybridized carbons (Fsp3) is 0.714. The molecule has 0 saturated heterocycles. The lowest BCUT2D eigenvalue weighted by Gasteiger charge is -2.46. The minimum absolute atomic E-state index is 0.0973. The maximum atomic E-state index is 11.5. The van der Waals surface area contributed by atoms with Crippen molar-refractivity contribution in [1.29, 1.82) is 0 Å². The van der Waals surface area contributed by atoms with Gasteiger partial charge in [0, 0.05) is 6.42 Å². The monoisotopic (exact) mass is 428 g/mol. The van der Waals surface area contributed by atoms with E-state index in [2.05, 4.69) is 58.6 Å². The van der Waals surface area contributed by atoms with E-state index < -0.39 is 17.8 Å². The number of aliphatic hydroxyl groups excluding tert-OH is 2. The van der Waals surface area contributed by atoms with E-state index in [0.29, 0.717) is 30.6 Å². The summed E-state index contributed by atoms with van der Waals surface area (Å²) in [5.74, 6) is 1.77. The van der Waals surface area contributed by atoms with Gasteiger partial charge in [0.05, 0.1) is 17.8 Å². The number of hydrogen-bond donors (Lipinski definition) is 3. The largest absolute Gasteiger partial charge is 0.393 e. The van der Waals surface area contributed by atoms with Crippen LogP contribution in [0.4, 0.5) is 0 Å². The zero-order chi connectivity index (χ0) is 23.0. The summed E-state index contributed by atoms with van der Waals surface area (Å²) in [6, 6.07) is 0. The van der Waals surface area contributed by atoms with Crippen LogP contribution >= 0.6 is 0 Å². The Balaban J connectivity index is 1.81. The van der Waals surface area contributed by atoms with Crippen molar-refractivity contribution in [2.75, 3.05) is 0 Å². The van der Waals surface area contributed by atoms with Crippen LogP contribution in [-0.2, 0) is 0 Å². The van der Waals surface area contributed by atoms with Crippen LogP contribution in [0, 0.1) is 29.1 Å². The molecular weight excluding hydrogens is 384 g/mol. The van der Waals surface area contributed by atoms with Crippen molar-refractivity contribution in [3.05, 3.63) is 47.6 Å². The third-order valence-electron chi connectivity index (χ3n) is 8.72. The van der Waals surface area contributed by atoms with E-state index in [4.69, 9.17) is 0 Å². The third kappa shape index (κ3) is 5.10. The van der Waals surface area contributed by atoms with E-state index >= 15 is 0 Å². The summed E-state index contributed by atoms with van der Waals surface area (Å²) < 4.78 is 0. The number of allylic oxidation sites excluding steroid dienone is 4. The van der Waals surface area contributed by atoms with Gasteiger partial charge in [-0.15, -0.1) is 0 Å². The highest BCUT2D eigenvalue weighted by atomic mass is 16.3. The van der Waals surface area contributed by atoms with Gasteiger partial charge >= 0.3 is 0 Å². The first kappa shape index (κ1) is 24.5. The molecule has 3 aliphatic rings. The molecule has 0 bridgehead atoms. The zero-order valence-electron chi connectivity index (χ0n) is 20.3. The molecule has 174 valence electrons. The summed E-state index contributed by atoms with van der Waals surface area (Å²) >= 11 is 0. The lowest BCUT2D eigenvalue weighted by molar-refractivity contribution is -0.0241. The van der Waals surface area contributed by atoms with Crippen molar-refractivity contribution in [2.24, 2.45) is 29.1 Å². The van der Waals surface area contributed by atoms with Crippen molar-refractivity contribution in [3.8, 4) is 0 Å². The molecule has 31 heavy (non-hydrogen) atoms. The van der Waals surface area contributed by atoms with Crippen LogP contribution in [0.2, 0.25) is 0 Å². The Morgan fingerprint density at radius 3 is 2.55 bits per heavy atom. The van der Waals surface area contributed by atoms with Crippen LogP contribution in [0.25, 0.3) is 0 Å². The molecule has 0 amide bonds. The number of hydrogen-bond acceptors (Lipinski definition) is 3. The standard InChI is InChI=1S/C28H44O3/c1-18(2)19(3)13-15-28(6,31)26-12-11-24-21(8-7-14-27(24,26)5)9-10-22-16-23(29)17-25(30)20(22)4/h9-10,13,15,18-19,23-26,29-31H,4,7-8,11-12,14,16-17H2,1-3,5-6H3/t19-,23+,24?,25+,26-,27-,28-/m0/s1. The van der Waals surface area contributed by atoms with Crippen molar-refractivity contribution in [1.82, 2.24) is 0 Å². The number of fused-ring (bicyclic) bond motifs is 1. The summed E-state index contributed by atoms with van der Waals surface area (Å²) in [6.07, 6.45) is 14.0. The van der Waals surface area contributed by atoms with Gasteiger partial charge in [-0.05, 0) is 85.7 Å². The molecule has 0 aliphatic heterocycles. The molecular formula is C28H44O3. The molecule has 0 radical (unpaired) electrons. The van der Waals surface area contributed by atoms with E-state index in [1.54, 1.807) is 0 Å². The van der Waals surface area contributed by atoms with Gasteiger partial charge in [0.25, 0.3) is 0 Å². The Bertz CT molecular complexity index is 756. The molecule has 0 heterocycles. The Morgan fingerprint density at radius 2 is 1.87 bits per heavy atom. The van der Waals surface area contributed by atoms with Gasteiger partial charge in [-0.25, -0.2) is 0 Å². The fourth-order valence-corrected chi connectivity index (χ4v) is 6.35. The fourth-order valence-electron chi connectivity index (χ4n) is 6.35. The predicted molar refractivity (Wildman–Crippen MR) is 128 cm³/mol. The van der Waals surface area contributed by atoms with Crippen LogP contribution in [-0.4, -0.2) is 33.1 Å². The van der Waals surface area contributed by atoms with Crippen molar-refractivity contribution >= 4 is 0 Å². The smallest absolute Gasteiger partial charge is 0.0833 e. The molecule has 3 aliphatic carbocycles. The predicted octanol–water partition coefficient (Wildman–Crippen LogP) is 5.73. The van der Waals surface area contributed by atoms with Crippen LogP contribution in [0.3, 0.4) is 0 Å². The summed E-state index contributed by atoms with van der Waals surface area (Å²) in [7, 11) is 0. The molecule has 7 atom stereocenters. The van der Waals surface area contributed by atoms with E-state index in [-0.39, 0.29) is 11.3 Å². The van der Waals surface area contributed by atoms with Crippen LogP contribution < -0.4 is 0 Å². The molecule has 3 fully saturated rings. The average molecular weight is 429 g/mol. The Labute approximate surface area is 189 Å². The molecule has 3 saturated carbocycles. The summed E-state index contributed by atoms with van der Waals surface area (Å²) in [6.45, 7) is 15.1. The second kappa shape index (κ2) is 9.37. The second-order valence-electron chi connectivity index (χ2n) is 11.3. The van der Waals surface area contributed by atoms with Crippen LogP contribution in [0.1, 0.15) is 79.6 Å². The van der Waals surface area contributed by atoms with Gasteiger partial charge in [-0.1, -0.05) is 64.2 Å². The van der Waals surface area contributed by atoms with Gasteiger partial charge < -0.3 is 15.3 Å². The van der Waals surface area contributed by atoms with Crippen molar-refractivity contribution in [3.63, 3.8) is 0 Å². The second-order valence-corrected chi connectivity index (χ2v) is 11.3. The Kier molecular flexibility index (Phi) is 7.40. The minimum Gasteiger partial charge on any atom is -0.393 e. The van der Waals surface area contributed by atoms with Gasteiger partial charge in [0.15, 0.2) is 0 Å². The van der Waals surface area contributed by atoms with Gasteiger partial charge in [-0.3, -0.25) is 0 Å². The highest BCUT2D eigenvalue weighted by Crippen LogP contribution is 2.60. The molecule has 3 nitrogen and oxygen atoms in total. The van der Waals surface area contributed by atoms with Gasteiger partial charge in [0.2, 0.25) is 0 Å². The first-order chi connectivity index (χ1) is 14.5. The quantitative estimate of drug-likeness (QED) is 0.490. The summed E-state index contributed by atoms with van der Waals surface area (Å²) in [5, 5.41) is 31.7. The lowest BCUT2D eigenvalue weighted by Crippen LogP contribution is -2.44. The van der Waals surface area contributed by atoms with E-state index in [9.17, 15) is 15.3 Å².